The van der Waals surface area contributed by atoms with Crippen LogP contribution in [0.25, 0.3) is 11.4 Å². The number of H-pyrrole nitrogens is 1. The quantitative estimate of drug-likeness (QED) is 0.785. The van der Waals surface area contributed by atoms with Gasteiger partial charge in [0.05, 0.1) is 0 Å². The maximum Gasteiger partial charge on any atom is 0.356 e. The molecular formula is C10H8ClN3O2. The average Bonchev–Trinajstić information content (AvgIpc) is 2.61. The van der Waals surface area contributed by atoms with Gasteiger partial charge in [0.1, 0.15) is 11.0 Å². The third-order valence-corrected chi connectivity index (χ3v) is 2.31. The van der Waals surface area contributed by atoms with E-state index in [0.717, 1.165) is 0 Å². The number of nitrogens with one attached hydrogen (secondary N) is 1. The van der Waals surface area contributed by atoms with Crippen molar-refractivity contribution < 1.29 is 9.90 Å². The van der Waals surface area contributed by atoms with Gasteiger partial charge >= 0.3 is 5.97 Å². The third-order valence-electron chi connectivity index (χ3n) is 2.09. The van der Waals surface area contributed by atoms with Crippen LogP contribution in [0.4, 0.5) is 0 Å². The van der Waals surface area contributed by atoms with Gasteiger partial charge in [0.15, 0.2) is 5.69 Å². The molecular weight excluding hydrogens is 230 g/mol. The summed E-state index contributed by atoms with van der Waals surface area (Å²) in [7, 11) is 0. The lowest BCUT2D eigenvalue weighted by Gasteiger charge is -1.94. The molecule has 2 heterocycles. The van der Waals surface area contributed by atoms with Gasteiger partial charge in [0, 0.05) is 17.5 Å². The van der Waals surface area contributed by atoms with Crippen LogP contribution in [-0.4, -0.2) is 26.0 Å². The summed E-state index contributed by atoms with van der Waals surface area (Å²) in [6.07, 6.45) is 1.53. The van der Waals surface area contributed by atoms with Crippen molar-refractivity contribution in [2.24, 2.45) is 0 Å². The second-order valence-corrected chi connectivity index (χ2v) is 3.62. The minimum atomic E-state index is -1.05. The van der Waals surface area contributed by atoms with Crippen molar-refractivity contribution >= 4 is 17.6 Å². The van der Waals surface area contributed by atoms with E-state index in [0.29, 0.717) is 22.2 Å². The molecule has 0 fully saturated rings. The van der Waals surface area contributed by atoms with E-state index in [1.165, 1.54) is 6.20 Å². The first-order valence-electron chi connectivity index (χ1n) is 4.50. The molecule has 0 aliphatic heterocycles. The normalized spacial score (nSPS) is 10.4. The molecule has 0 saturated carbocycles. The minimum Gasteiger partial charge on any atom is -0.476 e. The molecule has 2 aromatic heterocycles. The fourth-order valence-corrected chi connectivity index (χ4v) is 1.43. The molecule has 0 radical (unpaired) electrons. The molecule has 2 rings (SSSR count). The summed E-state index contributed by atoms with van der Waals surface area (Å²) < 4.78 is 0. The van der Waals surface area contributed by atoms with Gasteiger partial charge in [-0.05, 0) is 19.1 Å². The molecule has 0 amide bonds. The van der Waals surface area contributed by atoms with Gasteiger partial charge in [-0.15, -0.1) is 0 Å². The number of hydrogen-bond acceptors (Lipinski definition) is 3. The Morgan fingerprint density at radius 2 is 2.25 bits per heavy atom. The lowest BCUT2D eigenvalue weighted by molar-refractivity contribution is 0.0690. The van der Waals surface area contributed by atoms with Crippen molar-refractivity contribution in [2.45, 2.75) is 6.92 Å². The van der Waals surface area contributed by atoms with Gasteiger partial charge in [-0.25, -0.2) is 14.8 Å². The minimum absolute atomic E-state index is 0.0185. The van der Waals surface area contributed by atoms with Gasteiger partial charge in [0.25, 0.3) is 0 Å². The molecule has 0 aliphatic carbocycles. The van der Waals surface area contributed by atoms with Crippen LogP contribution in [0.2, 0.25) is 5.15 Å². The van der Waals surface area contributed by atoms with Crippen LogP contribution in [0.1, 0.15) is 16.2 Å². The first-order valence-corrected chi connectivity index (χ1v) is 4.87. The summed E-state index contributed by atoms with van der Waals surface area (Å²) in [5, 5.41) is 9.23. The highest BCUT2D eigenvalue weighted by atomic mass is 35.5. The van der Waals surface area contributed by atoms with Crippen molar-refractivity contribution in [3.05, 3.63) is 34.9 Å². The van der Waals surface area contributed by atoms with Gasteiger partial charge in [0.2, 0.25) is 0 Å². The molecule has 2 N–H and O–H groups in total. The molecule has 0 unspecified atom stereocenters. The van der Waals surface area contributed by atoms with Crippen LogP contribution in [-0.2, 0) is 0 Å². The van der Waals surface area contributed by atoms with E-state index in [9.17, 15) is 4.79 Å². The largest absolute Gasteiger partial charge is 0.476 e. The molecule has 0 atom stereocenters. The van der Waals surface area contributed by atoms with E-state index >= 15 is 0 Å². The number of rotatable bonds is 2. The zero-order valence-electron chi connectivity index (χ0n) is 8.36. The van der Waals surface area contributed by atoms with Crippen molar-refractivity contribution in [1.82, 2.24) is 15.0 Å². The molecule has 0 bridgehead atoms. The number of carbonyl (C=O) groups is 1. The van der Waals surface area contributed by atoms with Crippen molar-refractivity contribution in [3.63, 3.8) is 0 Å². The molecule has 0 aliphatic rings. The smallest absolute Gasteiger partial charge is 0.356 e. The molecule has 6 heteroatoms. The first kappa shape index (κ1) is 10.6. The summed E-state index contributed by atoms with van der Waals surface area (Å²) in [6, 6.07) is 3.34. The molecule has 2 aromatic rings. The molecule has 82 valence electrons. The zero-order chi connectivity index (χ0) is 11.7. The van der Waals surface area contributed by atoms with Crippen LogP contribution in [0, 0.1) is 6.92 Å². The highest BCUT2D eigenvalue weighted by Gasteiger charge is 2.14. The molecule has 16 heavy (non-hydrogen) atoms. The average molecular weight is 238 g/mol. The van der Waals surface area contributed by atoms with Crippen molar-refractivity contribution in [2.75, 3.05) is 0 Å². The molecule has 0 spiro atoms. The standard InChI is InChI=1S/C10H8ClN3O2/c1-5-8(10(15)16)14-9(13-5)6-2-3-7(11)12-4-6/h2-4H,1H3,(H,13,14)(H,15,16). The zero-order valence-corrected chi connectivity index (χ0v) is 9.12. The van der Waals surface area contributed by atoms with E-state index in [-0.39, 0.29) is 5.69 Å². The number of aromatic amines is 1. The van der Waals surface area contributed by atoms with E-state index in [4.69, 9.17) is 16.7 Å². The maximum absolute atomic E-state index is 10.8. The number of nitrogens with zero attached hydrogens (tertiary/aromatic N) is 2. The Hall–Kier alpha value is -1.88. The van der Waals surface area contributed by atoms with Crippen LogP contribution >= 0.6 is 11.6 Å². The number of aromatic nitrogens is 3. The second kappa shape index (κ2) is 3.94. The fraction of sp³-hybridized carbons (Fsp3) is 0.100. The maximum atomic E-state index is 10.8. The van der Waals surface area contributed by atoms with E-state index in [1.54, 1.807) is 19.1 Å². The van der Waals surface area contributed by atoms with Gasteiger partial charge in [-0.3, -0.25) is 0 Å². The summed E-state index contributed by atoms with van der Waals surface area (Å²) in [5.74, 6) is -0.582. The Kier molecular flexibility index (Phi) is 2.62. The van der Waals surface area contributed by atoms with E-state index < -0.39 is 5.97 Å². The molecule has 5 nitrogen and oxygen atoms in total. The van der Waals surface area contributed by atoms with Crippen molar-refractivity contribution in [3.8, 4) is 11.4 Å². The Balaban J connectivity index is 2.45. The number of aryl methyl sites for hydroxylation is 1. The predicted molar refractivity (Wildman–Crippen MR) is 58.5 cm³/mol. The van der Waals surface area contributed by atoms with Crippen LogP contribution in [0.5, 0.6) is 0 Å². The third kappa shape index (κ3) is 1.90. The number of hydrogen-bond donors (Lipinski definition) is 2. The monoisotopic (exact) mass is 237 g/mol. The topological polar surface area (TPSA) is 78.9 Å². The Morgan fingerprint density at radius 3 is 2.75 bits per heavy atom. The van der Waals surface area contributed by atoms with Gasteiger partial charge in [-0.1, -0.05) is 11.6 Å². The number of imidazole rings is 1. The number of carboxylic acids is 1. The molecule has 0 aromatic carbocycles. The Bertz CT molecular complexity index is 533. The number of carboxylic acid groups (broad SMARTS) is 1. The van der Waals surface area contributed by atoms with Gasteiger partial charge in [-0.2, -0.15) is 0 Å². The molecule has 0 saturated heterocycles. The SMILES string of the molecule is Cc1[nH]c(-c2ccc(Cl)nc2)nc1C(=O)O. The highest BCUT2D eigenvalue weighted by Crippen LogP contribution is 2.18. The Morgan fingerprint density at radius 1 is 1.50 bits per heavy atom. The van der Waals surface area contributed by atoms with E-state index in [1.807, 2.05) is 0 Å². The predicted octanol–water partition coefficient (Wildman–Crippen LogP) is 2.13. The van der Waals surface area contributed by atoms with Gasteiger partial charge < -0.3 is 10.1 Å². The number of aromatic carboxylic acids is 1. The van der Waals surface area contributed by atoms with Crippen molar-refractivity contribution in [1.29, 1.82) is 0 Å². The van der Waals surface area contributed by atoms with E-state index in [2.05, 4.69) is 15.0 Å². The Labute approximate surface area is 96.1 Å². The number of pyridine rings is 1. The van der Waals surface area contributed by atoms with Crippen LogP contribution in [0.15, 0.2) is 18.3 Å². The summed E-state index contributed by atoms with van der Waals surface area (Å²) in [4.78, 5) is 21.6. The summed E-state index contributed by atoms with van der Waals surface area (Å²) in [6.45, 7) is 1.66. The van der Waals surface area contributed by atoms with Crippen LogP contribution < -0.4 is 0 Å². The number of halogens is 1. The highest BCUT2D eigenvalue weighted by molar-refractivity contribution is 6.29. The lowest BCUT2D eigenvalue weighted by atomic mass is 10.3. The summed E-state index contributed by atoms with van der Waals surface area (Å²) in [5.41, 5.74) is 1.22. The summed E-state index contributed by atoms with van der Waals surface area (Å²) >= 11 is 5.65. The van der Waals surface area contributed by atoms with Crippen LogP contribution in [0.3, 0.4) is 0 Å². The fourth-order valence-electron chi connectivity index (χ4n) is 1.32. The second-order valence-electron chi connectivity index (χ2n) is 3.23. The lowest BCUT2D eigenvalue weighted by Crippen LogP contribution is -1.98. The first-order chi connectivity index (χ1) is 7.58.